The van der Waals surface area contributed by atoms with Crippen molar-refractivity contribution in [2.45, 2.75) is 4.90 Å². The van der Waals surface area contributed by atoms with Crippen LogP contribution in [0, 0.1) is 18.2 Å². The van der Waals surface area contributed by atoms with Crippen LogP contribution in [0.3, 0.4) is 0 Å². The molecular weight excluding hydrogens is 261 g/mol. The minimum atomic E-state index is -4.20. The van der Waals surface area contributed by atoms with E-state index in [1.165, 1.54) is 0 Å². The topological polar surface area (TPSA) is 72.5 Å². The van der Waals surface area contributed by atoms with Gasteiger partial charge in [0.15, 0.2) is 0 Å². The summed E-state index contributed by atoms with van der Waals surface area (Å²) in [5, 5.41) is 2.33. The van der Waals surface area contributed by atoms with E-state index < -0.39 is 26.7 Å². The molecule has 0 unspecified atom stereocenters. The van der Waals surface area contributed by atoms with Crippen LogP contribution in [0.5, 0.6) is 0 Å². The zero-order valence-corrected chi connectivity index (χ0v) is 10.3. The number of amides is 1. The predicted octanol–water partition coefficient (Wildman–Crippen LogP) is 0.524. The molecule has 5 nitrogen and oxygen atoms in total. The first-order valence-corrected chi connectivity index (χ1v) is 6.15. The first kappa shape index (κ1) is 14.2. The number of hydrogen-bond acceptors (Lipinski definition) is 4. The third-order valence-corrected chi connectivity index (χ3v) is 3.32. The second kappa shape index (κ2) is 5.62. The molecule has 7 heteroatoms. The van der Waals surface area contributed by atoms with Gasteiger partial charge in [0, 0.05) is 5.56 Å². The lowest BCUT2D eigenvalue weighted by Gasteiger charge is -2.06. The molecule has 1 aromatic carbocycles. The van der Waals surface area contributed by atoms with Gasteiger partial charge in [0.05, 0.1) is 13.7 Å². The minimum Gasteiger partial charge on any atom is -0.341 e. The van der Waals surface area contributed by atoms with Gasteiger partial charge in [0.25, 0.3) is 16.0 Å². The number of benzene rings is 1. The van der Waals surface area contributed by atoms with Crippen molar-refractivity contribution in [1.29, 1.82) is 0 Å². The van der Waals surface area contributed by atoms with Gasteiger partial charge in [-0.25, -0.2) is 4.39 Å². The van der Waals surface area contributed by atoms with E-state index in [0.29, 0.717) is 0 Å². The largest absolute Gasteiger partial charge is 0.341 e. The highest BCUT2D eigenvalue weighted by Gasteiger charge is 2.20. The number of carbonyl (C=O) groups excluding carboxylic acids is 1. The molecule has 0 spiro atoms. The number of terminal acetylenes is 1. The summed E-state index contributed by atoms with van der Waals surface area (Å²) in [6, 6.07) is 2.91. The standard InChI is InChI=1S/C11H10FNO4S/c1-3-6-13-11(14)8-4-5-9(12)10(7-8)18(15,16)17-2/h1,4-5,7H,6H2,2H3,(H,13,14). The second-order valence-electron chi connectivity index (χ2n) is 3.15. The normalized spacial score (nSPS) is 10.7. The first-order valence-electron chi connectivity index (χ1n) is 4.74. The Balaban J connectivity index is 3.17. The Morgan fingerprint density at radius 3 is 2.78 bits per heavy atom. The molecule has 1 amide bonds. The maximum atomic E-state index is 13.3. The van der Waals surface area contributed by atoms with Crippen molar-refractivity contribution in [2.24, 2.45) is 0 Å². The Kier molecular flexibility index (Phi) is 4.42. The molecule has 1 aromatic rings. The highest BCUT2D eigenvalue weighted by Crippen LogP contribution is 2.18. The summed E-state index contributed by atoms with van der Waals surface area (Å²) < 4.78 is 40.3. The van der Waals surface area contributed by atoms with Crippen LogP contribution in [-0.4, -0.2) is 28.0 Å². The van der Waals surface area contributed by atoms with Crippen LogP contribution in [0.15, 0.2) is 23.1 Å². The van der Waals surface area contributed by atoms with Gasteiger partial charge >= 0.3 is 0 Å². The Labute approximate surface area is 104 Å². The van der Waals surface area contributed by atoms with Gasteiger partial charge < -0.3 is 5.32 Å². The van der Waals surface area contributed by atoms with Crippen molar-refractivity contribution < 1.29 is 21.8 Å². The molecule has 0 aromatic heterocycles. The maximum absolute atomic E-state index is 13.3. The van der Waals surface area contributed by atoms with Gasteiger partial charge in [-0.3, -0.25) is 8.98 Å². The van der Waals surface area contributed by atoms with Gasteiger partial charge in [0.1, 0.15) is 10.7 Å². The van der Waals surface area contributed by atoms with Crippen LogP contribution in [0.4, 0.5) is 4.39 Å². The number of carbonyl (C=O) groups is 1. The van der Waals surface area contributed by atoms with Gasteiger partial charge in [-0.05, 0) is 18.2 Å². The summed E-state index contributed by atoms with van der Waals surface area (Å²) in [4.78, 5) is 10.8. The van der Waals surface area contributed by atoms with E-state index in [1.54, 1.807) is 0 Å². The average Bonchev–Trinajstić information content (AvgIpc) is 2.36. The Morgan fingerprint density at radius 1 is 1.56 bits per heavy atom. The van der Waals surface area contributed by atoms with E-state index in [0.717, 1.165) is 25.3 Å². The lowest BCUT2D eigenvalue weighted by molar-refractivity contribution is 0.0958. The van der Waals surface area contributed by atoms with E-state index >= 15 is 0 Å². The van der Waals surface area contributed by atoms with Crippen molar-refractivity contribution >= 4 is 16.0 Å². The van der Waals surface area contributed by atoms with Crippen LogP contribution < -0.4 is 5.32 Å². The van der Waals surface area contributed by atoms with Crippen LogP contribution in [0.1, 0.15) is 10.4 Å². The molecule has 0 aliphatic heterocycles. The van der Waals surface area contributed by atoms with E-state index in [-0.39, 0.29) is 12.1 Å². The molecule has 96 valence electrons. The lowest BCUT2D eigenvalue weighted by atomic mass is 10.2. The van der Waals surface area contributed by atoms with Crippen molar-refractivity contribution in [1.82, 2.24) is 5.32 Å². The lowest BCUT2D eigenvalue weighted by Crippen LogP contribution is -2.24. The Hall–Kier alpha value is -1.91. The molecule has 0 heterocycles. The van der Waals surface area contributed by atoms with Crippen LogP contribution in [0.25, 0.3) is 0 Å². The Morgan fingerprint density at radius 2 is 2.22 bits per heavy atom. The summed E-state index contributed by atoms with van der Waals surface area (Å²) in [6.07, 6.45) is 4.96. The third-order valence-electron chi connectivity index (χ3n) is 2.03. The van der Waals surface area contributed by atoms with Crippen molar-refractivity contribution in [3.05, 3.63) is 29.6 Å². The summed E-state index contributed by atoms with van der Waals surface area (Å²) in [5.41, 5.74) is -0.0257. The van der Waals surface area contributed by atoms with Gasteiger partial charge in [-0.2, -0.15) is 8.42 Å². The molecule has 0 atom stereocenters. The summed E-state index contributed by atoms with van der Waals surface area (Å²) in [5.74, 6) is 0.595. The fourth-order valence-electron chi connectivity index (χ4n) is 1.16. The van der Waals surface area contributed by atoms with Gasteiger partial charge in [-0.15, -0.1) is 6.42 Å². The molecular formula is C11H10FNO4S. The summed E-state index contributed by atoms with van der Waals surface area (Å²) in [6.45, 7) is -0.0113. The molecule has 1 N–H and O–H groups in total. The monoisotopic (exact) mass is 271 g/mol. The number of hydrogen-bond donors (Lipinski definition) is 1. The smallest absolute Gasteiger partial charge is 0.299 e. The zero-order valence-electron chi connectivity index (χ0n) is 9.44. The van der Waals surface area contributed by atoms with Crippen molar-refractivity contribution in [3.63, 3.8) is 0 Å². The molecule has 0 fully saturated rings. The van der Waals surface area contributed by atoms with E-state index in [9.17, 15) is 17.6 Å². The van der Waals surface area contributed by atoms with E-state index in [4.69, 9.17) is 6.42 Å². The van der Waals surface area contributed by atoms with Crippen molar-refractivity contribution in [3.8, 4) is 12.3 Å². The van der Waals surface area contributed by atoms with Crippen LogP contribution >= 0.6 is 0 Å². The van der Waals surface area contributed by atoms with Crippen LogP contribution in [0.2, 0.25) is 0 Å². The van der Waals surface area contributed by atoms with Gasteiger partial charge in [0.2, 0.25) is 0 Å². The zero-order chi connectivity index (χ0) is 13.8. The molecule has 1 rings (SSSR count). The fraction of sp³-hybridized carbons (Fsp3) is 0.182. The molecule has 0 aliphatic carbocycles. The fourth-order valence-corrected chi connectivity index (χ4v) is 1.92. The Bertz CT molecular complexity index is 604. The van der Waals surface area contributed by atoms with E-state index in [2.05, 4.69) is 15.4 Å². The van der Waals surface area contributed by atoms with Crippen LogP contribution in [-0.2, 0) is 14.3 Å². The first-order chi connectivity index (χ1) is 8.42. The highest BCUT2D eigenvalue weighted by molar-refractivity contribution is 7.86. The quantitative estimate of drug-likeness (QED) is 0.640. The van der Waals surface area contributed by atoms with Gasteiger partial charge in [-0.1, -0.05) is 5.92 Å². The predicted molar refractivity (Wildman–Crippen MR) is 61.8 cm³/mol. The minimum absolute atomic E-state index is 0.0113. The number of halogens is 1. The maximum Gasteiger partial charge on any atom is 0.299 e. The number of nitrogens with one attached hydrogen (secondary N) is 1. The molecule has 0 saturated heterocycles. The molecule has 0 saturated carbocycles. The molecule has 0 radical (unpaired) electrons. The molecule has 0 aliphatic rings. The summed E-state index contributed by atoms with van der Waals surface area (Å²) in [7, 11) is -3.30. The third kappa shape index (κ3) is 3.06. The highest BCUT2D eigenvalue weighted by atomic mass is 32.2. The molecule has 18 heavy (non-hydrogen) atoms. The second-order valence-corrected chi connectivity index (χ2v) is 4.83. The SMILES string of the molecule is C#CCNC(=O)c1ccc(F)c(S(=O)(=O)OC)c1. The summed E-state index contributed by atoms with van der Waals surface area (Å²) >= 11 is 0. The number of rotatable bonds is 4. The average molecular weight is 271 g/mol. The van der Waals surface area contributed by atoms with Crippen molar-refractivity contribution in [2.75, 3.05) is 13.7 Å². The molecule has 0 bridgehead atoms. The van der Waals surface area contributed by atoms with E-state index in [1.807, 2.05) is 0 Å².